The van der Waals surface area contributed by atoms with Crippen LogP contribution in [0.4, 0.5) is 11.5 Å². The lowest BCUT2D eigenvalue weighted by Gasteiger charge is -2.08. The predicted octanol–water partition coefficient (Wildman–Crippen LogP) is 3.11. The molecule has 0 fully saturated rings. The standard InChI is InChI=1S/C19H17N5O4/c1-2-28-19(25)17(11-13-7-9-14(10-8-13)24(26)27)22-23-18-15-5-3-4-6-16(15)20-12-21-18/h3-10,12H,2,11H2,1H3,(H,20,21,23). The molecule has 0 spiro atoms. The quantitative estimate of drug-likeness (QED) is 0.290. The SMILES string of the molecule is CCOC(=O)C(Cc1ccc([N+](=O)[O-])cc1)=NNc1ncnc2ccccc12. The number of fused-ring (bicyclic) bond motifs is 1. The normalized spacial score (nSPS) is 11.2. The molecule has 142 valence electrons. The summed E-state index contributed by atoms with van der Waals surface area (Å²) in [5, 5.41) is 15.7. The third-order valence-corrected chi connectivity index (χ3v) is 3.87. The zero-order valence-electron chi connectivity index (χ0n) is 15.0. The minimum atomic E-state index is -0.577. The first-order chi connectivity index (χ1) is 13.6. The summed E-state index contributed by atoms with van der Waals surface area (Å²) < 4.78 is 5.06. The lowest BCUT2D eigenvalue weighted by atomic mass is 10.1. The molecule has 0 amide bonds. The number of hydrogen-bond acceptors (Lipinski definition) is 8. The number of nitrogens with one attached hydrogen (secondary N) is 1. The smallest absolute Gasteiger partial charge is 0.354 e. The Morgan fingerprint density at radius 1 is 1.18 bits per heavy atom. The van der Waals surface area contributed by atoms with Gasteiger partial charge in [-0.1, -0.05) is 24.3 Å². The maximum Gasteiger partial charge on any atom is 0.354 e. The topological polar surface area (TPSA) is 120 Å². The van der Waals surface area contributed by atoms with E-state index in [4.69, 9.17) is 4.74 Å². The molecule has 3 aromatic rings. The summed E-state index contributed by atoms with van der Waals surface area (Å²) >= 11 is 0. The summed E-state index contributed by atoms with van der Waals surface area (Å²) in [6, 6.07) is 13.3. The van der Waals surface area contributed by atoms with Crippen molar-refractivity contribution in [2.24, 2.45) is 5.10 Å². The van der Waals surface area contributed by atoms with Crippen LogP contribution in [0.1, 0.15) is 12.5 Å². The van der Waals surface area contributed by atoms with Crippen LogP contribution in [0.2, 0.25) is 0 Å². The van der Waals surface area contributed by atoms with Crippen LogP contribution in [-0.2, 0) is 16.0 Å². The zero-order chi connectivity index (χ0) is 19.9. The molecule has 2 aromatic carbocycles. The maximum atomic E-state index is 12.3. The van der Waals surface area contributed by atoms with Gasteiger partial charge in [0.2, 0.25) is 0 Å². The number of benzene rings is 2. The Labute approximate surface area is 160 Å². The molecule has 0 radical (unpaired) electrons. The van der Waals surface area contributed by atoms with Gasteiger partial charge in [-0.3, -0.25) is 15.5 Å². The molecular weight excluding hydrogens is 362 g/mol. The number of nitrogens with zero attached hydrogens (tertiary/aromatic N) is 4. The number of carbonyl (C=O) groups is 1. The zero-order valence-corrected chi connectivity index (χ0v) is 15.0. The summed E-state index contributed by atoms with van der Waals surface area (Å²) in [5.74, 6) is -0.122. The van der Waals surface area contributed by atoms with Gasteiger partial charge in [0.05, 0.1) is 17.0 Å². The molecule has 9 nitrogen and oxygen atoms in total. The Hall–Kier alpha value is -3.88. The lowest BCUT2D eigenvalue weighted by Crippen LogP contribution is -2.21. The molecule has 0 saturated heterocycles. The molecular formula is C19H17N5O4. The highest BCUT2D eigenvalue weighted by atomic mass is 16.6. The fourth-order valence-corrected chi connectivity index (χ4v) is 2.51. The van der Waals surface area contributed by atoms with Crippen LogP contribution in [0.25, 0.3) is 10.9 Å². The number of hydrogen-bond donors (Lipinski definition) is 1. The van der Waals surface area contributed by atoms with E-state index in [2.05, 4.69) is 20.5 Å². The Morgan fingerprint density at radius 2 is 1.93 bits per heavy atom. The van der Waals surface area contributed by atoms with Gasteiger partial charge in [-0.15, -0.1) is 0 Å². The van der Waals surface area contributed by atoms with Gasteiger partial charge >= 0.3 is 5.97 Å². The highest BCUT2D eigenvalue weighted by Gasteiger charge is 2.15. The number of hydrazone groups is 1. The van der Waals surface area contributed by atoms with E-state index in [0.29, 0.717) is 11.4 Å². The number of nitro benzene ring substituents is 1. The van der Waals surface area contributed by atoms with Crippen molar-refractivity contribution >= 4 is 34.1 Å². The number of aromatic nitrogens is 2. The number of rotatable bonds is 7. The summed E-state index contributed by atoms with van der Waals surface area (Å²) in [4.78, 5) is 30.9. The second-order valence-corrected chi connectivity index (χ2v) is 5.73. The third kappa shape index (κ3) is 4.44. The number of ether oxygens (including phenoxy) is 1. The van der Waals surface area contributed by atoms with E-state index in [9.17, 15) is 14.9 Å². The second-order valence-electron chi connectivity index (χ2n) is 5.73. The van der Waals surface area contributed by atoms with Gasteiger partial charge in [0.1, 0.15) is 12.0 Å². The largest absolute Gasteiger partial charge is 0.461 e. The Bertz CT molecular complexity index is 1030. The van der Waals surface area contributed by atoms with Gasteiger partial charge in [0.15, 0.2) is 5.82 Å². The Balaban J connectivity index is 1.86. The molecule has 0 aliphatic rings. The van der Waals surface area contributed by atoms with E-state index in [1.165, 1.54) is 18.5 Å². The van der Waals surface area contributed by atoms with Crippen molar-refractivity contribution in [3.8, 4) is 0 Å². The molecule has 1 heterocycles. The van der Waals surface area contributed by atoms with Crippen LogP contribution in [-0.4, -0.2) is 33.2 Å². The molecule has 1 aromatic heterocycles. The summed E-state index contributed by atoms with van der Waals surface area (Å²) in [5.41, 5.74) is 4.33. The van der Waals surface area contributed by atoms with Crippen molar-refractivity contribution in [1.29, 1.82) is 0 Å². The van der Waals surface area contributed by atoms with Gasteiger partial charge in [0.25, 0.3) is 5.69 Å². The molecule has 0 aliphatic carbocycles. The van der Waals surface area contributed by atoms with E-state index in [-0.39, 0.29) is 24.4 Å². The number of esters is 1. The van der Waals surface area contributed by atoms with E-state index in [1.807, 2.05) is 24.3 Å². The molecule has 1 N–H and O–H groups in total. The van der Waals surface area contributed by atoms with E-state index < -0.39 is 10.9 Å². The van der Waals surface area contributed by atoms with E-state index >= 15 is 0 Å². The number of non-ortho nitro benzene ring substituents is 1. The first-order valence-corrected chi connectivity index (χ1v) is 8.51. The molecule has 9 heteroatoms. The third-order valence-electron chi connectivity index (χ3n) is 3.87. The number of para-hydroxylation sites is 1. The highest BCUT2D eigenvalue weighted by molar-refractivity contribution is 6.37. The van der Waals surface area contributed by atoms with Crippen molar-refractivity contribution in [2.45, 2.75) is 13.3 Å². The molecule has 3 rings (SSSR count). The van der Waals surface area contributed by atoms with Gasteiger partial charge in [-0.2, -0.15) is 5.10 Å². The summed E-state index contributed by atoms with van der Waals surface area (Å²) in [6.45, 7) is 1.90. The number of carbonyl (C=O) groups excluding carboxylic acids is 1. The van der Waals surface area contributed by atoms with E-state index in [0.717, 1.165) is 10.9 Å². The van der Waals surface area contributed by atoms with Crippen molar-refractivity contribution in [1.82, 2.24) is 9.97 Å². The Morgan fingerprint density at radius 3 is 2.64 bits per heavy atom. The predicted molar refractivity (Wildman–Crippen MR) is 104 cm³/mol. The lowest BCUT2D eigenvalue weighted by molar-refractivity contribution is -0.384. The molecule has 0 unspecified atom stereocenters. The van der Waals surface area contributed by atoms with Crippen LogP contribution >= 0.6 is 0 Å². The van der Waals surface area contributed by atoms with Crippen LogP contribution in [0.5, 0.6) is 0 Å². The van der Waals surface area contributed by atoms with Crippen molar-refractivity contribution in [2.75, 3.05) is 12.0 Å². The van der Waals surface area contributed by atoms with Crippen LogP contribution in [0.3, 0.4) is 0 Å². The molecule has 0 aliphatic heterocycles. The molecule has 0 atom stereocenters. The highest BCUT2D eigenvalue weighted by Crippen LogP contribution is 2.18. The first-order valence-electron chi connectivity index (χ1n) is 8.51. The monoisotopic (exact) mass is 379 g/mol. The van der Waals surface area contributed by atoms with Crippen LogP contribution < -0.4 is 5.43 Å². The van der Waals surface area contributed by atoms with Crippen molar-refractivity contribution in [3.05, 3.63) is 70.5 Å². The van der Waals surface area contributed by atoms with Crippen molar-refractivity contribution in [3.63, 3.8) is 0 Å². The van der Waals surface area contributed by atoms with Crippen LogP contribution in [0.15, 0.2) is 60.0 Å². The van der Waals surface area contributed by atoms with Gasteiger partial charge < -0.3 is 4.74 Å². The molecule has 28 heavy (non-hydrogen) atoms. The van der Waals surface area contributed by atoms with Gasteiger partial charge in [0, 0.05) is 23.9 Å². The van der Waals surface area contributed by atoms with E-state index in [1.54, 1.807) is 19.1 Å². The van der Waals surface area contributed by atoms with Crippen LogP contribution in [0, 0.1) is 10.1 Å². The number of anilines is 1. The second kappa shape index (κ2) is 8.67. The van der Waals surface area contributed by atoms with Gasteiger partial charge in [-0.25, -0.2) is 14.8 Å². The fraction of sp³-hybridized carbons (Fsp3) is 0.158. The molecule has 0 bridgehead atoms. The number of nitro groups is 1. The van der Waals surface area contributed by atoms with Crippen molar-refractivity contribution < 1.29 is 14.5 Å². The maximum absolute atomic E-state index is 12.3. The minimum absolute atomic E-state index is 0.0241. The first kappa shape index (κ1) is 18.9. The minimum Gasteiger partial charge on any atom is -0.461 e. The summed E-state index contributed by atoms with van der Waals surface area (Å²) in [7, 11) is 0. The Kier molecular flexibility index (Phi) is 5.85. The summed E-state index contributed by atoms with van der Waals surface area (Å²) in [6.07, 6.45) is 1.55. The average Bonchev–Trinajstić information content (AvgIpc) is 2.71. The fourth-order valence-electron chi connectivity index (χ4n) is 2.51. The molecule has 0 saturated carbocycles. The average molecular weight is 379 g/mol. The van der Waals surface area contributed by atoms with Gasteiger partial charge in [-0.05, 0) is 24.6 Å².